The van der Waals surface area contributed by atoms with Crippen molar-refractivity contribution in [3.63, 3.8) is 0 Å². The first-order valence-corrected chi connectivity index (χ1v) is 10.2. The topological polar surface area (TPSA) is 13.1 Å². The van der Waals surface area contributed by atoms with Crippen LogP contribution in [0, 0.1) is 3.80 Å². The molecule has 1 aromatic heterocycles. The van der Waals surface area contributed by atoms with Gasteiger partial charge in [0.15, 0.2) is 0 Å². The van der Waals surface area contributed by atoms with Gasteiger partial charge in [0.25, 0.3) is 0 Å². The minimum Gasteiger partial charge on any atom is -0.185 e. The summed E-state index contributed by atoms with van der Waals surface area (Å²) < 4.78 is 44.7. The van der Waals surface area contributed by atoms with Crippen molar-refractivity contribution in [1.29, 1.82) is 0 Å². The molecule has 24 heavy (non-hydrogen) atoms. The summed E-state index contributed by atoms with van der Waals surface area (Å²) in [6.07, 6.45) is 2.25. The van der Waals surface area contributed by atoms with Crippen molar-refractivity contribution in [3.05, 3.63) is 51.6 Å². The van der Waals surface area contributed by atoms with Gasteiger partial charge in [-0.1, -0.05) is 0 Å². The van der Waals surface area contributed by atoms with E-state index in [1.165, 1.54) is 25.0 Å². The molecule has 1 fully saturated rings. The molecule has 1 saturated carbocycles. The van der Waals surface area contributed by atoms with Gasteiger partial charge in [-0.25, -0.2) is 0 Å². The first kappa shape index (κ1) is 20.6. The Morgan fingerprint density at radius 3 is 2.33 bits per heavy atom. The number of alkyl halides is 3. The molecule has 0 amide bonds. The van der Waals surface area contributed by atoms with Crippen molar-refractivity contribution >= 4 is 45.7 Å². The number of aryl methyl sites for hydroxylation is 1. The predicted molar refractivity (Wildman–Crippen MR) is 100 cm³/mol. The van der Waals surface area contributed by atoms with E-state index in [-0.39, 0.29) is 0 Å². The van der Waals surface area contributed by atoms with E-state index in [1.807, 2.05) is 28.6 Å². The summed E-state index contributed by atoms with van der Waals surface area (Å²) in [7, 11) is 1.89. The molecule has 0 aliphatic heterocycles. The third-order valence-corrected chi connectivity index (χ3v) is 6.42. The molecule has 3 nitrogen and oxygen atoms in total. The third kappa shape index (κ3) is 6.25. The van der Waals surface area contributed by atoms with E-state index >= 15 is 0 Å². The fourth-order valence-corrected chi connectivity index (χ4v) is 3.55. The minimum atomic E-state index is -4.29. The maximum absolute atomic E-state index is 12.6. The van der Waals surface area contributed by atoms with E-state index in [4.69, 9.17) is 0 Å². The maximum Gasteiger partial charge on any atom is 0.0311 e. The van der Waals surface area contributed by atoms with Crippen LogP contribution in [-0.4, -0.2) is 16.5 Å². The number of hydrogen-bond acceptors (Lipinski definition) is 1. The first-order chi connectivity index (χ1) is 11.2. The Morgan fingerprint density at radius 2 is 1.92 bits per heavy atom. The van der Waals surface area contributed by atoms with Crippen LogP contribution in [0.5, 0.6) is 0 Å². The molecule has 0 saturated heterocycles. The molecule has 1 aliphatic rings. The van der Waals surface area contributed by atoms with Crippen molar-refractivity contribution in [2.24, 2.45) is 7.05 Å². The van der Waals surface area contributed by atoms with Crippen LogP contribution in [0.2, 0.25) is 0 Å². The van der Waals surface area contributed by atoms with Gasteiger partial charge in [-0.2, -0.15) is 1.33 Å². The monoisotopic (exact) mass is 744 g/mol. The number of aromatic nitrogens is 2. The van der Waals surface area contributed by atoms with E-state index in [2.05, 4.69) is 66.4 Å². The summed E-state index contributed by atoms with van der Waals surface area (Å²) in [6.45, 7) is 0.434. The molecule has 0 spiro atoms. The number of hydrogen-bond donors (Lipinski definition) is 0. The fourth-order valence-electron chi connectivity index (χ4n) is 1.92. The number of imidazole rings is 1. The van der Waals surface area contributed by atoms with Crippen molar-refractivity contribution in [2.75, 3.05) is 0 Å². The average molecular weight is 744 g/mol. The van der Waals surface area contributed by atoms with Crippen LogP contribution in [-0.2, 0) is 39.1 Å². The van der Waals surface area contributed by atoms with Gasteiger partial charge < -0.3 is 0 Å². The Morgan fingerprint density at radius 1 is 1.25 bits per heavy atom. The van der Waals surface area contributed by atoms with Crippen molar-refractivity contribution in [3.8, 4) is 0 Å². The van der Waals surface area contributed by atoms with Gasteiger partial charge in [-0.05, 0) is 12.8 Å². The van der Waals surface area contributed by atoms with Crippen LogP contribution < -0.4 is 0 Å². The zero-order valence-electron chi connectivity index (χ0n) is 12.7. The molecular weight excluding hydrogens is 728 g/mol. The Balaban J connectivity index is 0.000000292. The van der Waals surface area contributed by atoms with Gasteiger partial charge in [0.1, 0.15) is 0 Å². The molecule has 0 unspecified atom stereocenters. The van der Waals surface area contributed by atoms with E-state index in [1.54, 1.807) is 6.07 Å². The number of nitrogens with zero attached hydrogens (tertiary/aromatic N) is 3. The standard InChI is InChI=1S/C12H11F3N2.C3H5I2N.Pt/c1-16-5-6-17(9-16)8-10-3-2-4-11(7-10)12(13,14)15;4-6(5)3-1-2-3;/h2-7H,8H2,1H3;3H,1-2H2;. The second kappa shape index (κ2) is 8.81. The summed E-state index contributed by atoms with van der Waals surface area (Å²) in [5, 5.41) is 0. The van der Waals surface area contributed by atoms with Crippen LogP contribution in [0.25, 0.3) is 0 Å². The molecule has 2 aromatic rings. The Bertz CT molecular complexity index is 736. The van der Waals surface area contributed by atoms with Crippen molar-refractivity contribution in [2.45, 2.75) is 31.6 Å². The van der Waals surface area contributed by atoms with E-state index in [0.29, 0.717) is 12.1 Å². The second-order valence-electron chi connectivity index (χ2n) is 5.47. The van der Waals surface area contributed by atoms with Crippen LogP contribution in [0.15, 0.2) is 36.7 Å². The zero-order valence-corrected chi connectivity index (χ0v) is 19.3. The maximum atomic E-state index is 12.6. The molecular formula is C15H16F3I2N3Pt. The van der Waals surface area contributed by atoms with Gasteiger partial charge in [0.05, 0.1) is 0 Å². The van der Waals surface area contributed by atoms with E-state index in [0.717, 1.165) is 15.9 Å². The fraction of sp³-hybridized carbons (Fsp3) is 0.400. The van der Waals surface area contributed by atoms with Crippen LogP contribution in [0.3, 0.4) is 0 Å². The summed E-state index contributed by atoms with van der Waals surface area (Å²) in [6, 6.07) is 6.33. The molecule has 1 aromatic carbocycles. The molecule has 0 radical (unpaired) electrons. The van der Waals surface area contributed by atoms with E-state index < -0.39 is 11.7 Å². The van der Waals surface area contributed by atoms with Crippen LogP contribution in [0.1, 0.15) is 24.0 Å². The van der Waals surface area contributed by atoms with Gasteiger partial charge in [0, 0.05) is 51.8 Å². The molecule has 1 heterocycles. The zero-order chi connectivity index (χ0) is 17.9. The van der Waals surface area contributed by atoms with Gasteiger partial charge >= 0.3 is 113 Å². The number of benzene rings is 1. The molecule has 1 aliphatic carbocycles. The number of rotatable bonds is 3. The Hall–Kier alpha value is 0.328. The summed E-state index contributed by atoms with van der Waals surface area (Å²) in [5.41, 5.74) is 0.0334. The minimum absolute atomic E-state index is 0.434. The summed E-state index contributed by atoms with van der Waals surface area (Å²) in [5.74, 6) is 0. The first-order valence-electron chi connectivity index (χ1n) is 7.12. The van der Waals surface area contributed by atoms with Gasteiger partial charge in [-0.15, -0.1) is 0 Å². The van der Waals surface area contributed by atoms with Gasteiger partial charge in [0.2, 0.25) is 0 Å². The van der Waals surface area contributed by atoms with Crippen LogP contribution >= 0.6 is 45.7 Å². The molecule has 3 rings (SSSR count). The average Bonchev–Trinajstić information content (AvgIpc) is 3.31. The SMILES string of the molecule is Cn1ccn(Cc2cccc(C(F)(F)F)c2)[c]1=[Pt].IN(I)C1CC1. The molecule has 0 atom stereocenters. The largest absolute Gasteiger partial charge is 0.185 e. The van der Waals surface area contributed by atoms with Crippen molar-refractivity contribution < 1.29 is 32.5 Å². The summed E-state index contributed by atoms with van der Waals surface area (Å²) >= 11 is 6.77. The Labute approximate surface area is 177 Å². The van der Waals surface area contributed by atoms with Crippen LogP contribution in [0.4, 0.5) is 13.2 Å². The Kier molecular flexibility index (Phi) is 7.58. The summed E-state index contributed by atoms with van der Waals surface area (Å²) in [4.78, 5) is 0. The number of halogens is 5. The molecule has 0 N–H and O–H groups in total. The molecule has 0 bridgehead atoms. The molecule has 136 valence electrons. The van der Waals surface area contributed by atoms with Crippen molar-refractivity contribution in [1.82, 2.24) is 10.5 Å². The quantitative estimate of drug-likeness (QED) is 0.315. The molecule has 9 heteroatoms. The normalized spacial score (nSPS) is 14.5. The second-order valence-corrected chi connectivity index (χ2v) is 10.4. The predicted octanol–water partition coefficient (Wildman–Crippen LogP) is 5.12. The smallest absolute Gasteiger partial charge is 0.0311 e. The van der Waals surface area contributed by atoms with E-state index in [9.17, 15) is 13.2 Å². The van der Waals surface area contributed by atoms with Gasteiger partial charge in [-0.3, -0.25) is 0 Å². The third-order valence-electron chi connectivity index (χ3n) is 3.39.